The van der Waals surface area contributed by atoms with E-state index in [1.165, 1.54) is 19.4 Å². The summed E-state index contributed by atoms with van der Waals surface area (Å²) in [5.41, 5.74) is 5.56. The highest BCUT2D eigenvalue weighted by molar-refractivity contribution is 5.82. The molecule has 1 fully saturated rings. The number of methoxy groups -OCH3 is 2. The van der Waals surface area contributed by atoms with Gasteiger partial charge in [-0.05, 0) is 50.9 Å². The van der Waals surface area contributed by atoms with Gasteiger partial charge in [0.2, 0.25) is 0 Å². The van der Waals surface area contributed by atoms with Crippen LogP contribution in [0.1, 0.15) is 40.0 Å². The molecule has 3 heterocycles. The summed E-state index contributed by atoms with van der Waals surface area (Å²) in [6, 6.07) is 13.0. The van der Waals surface area contributed by atoms with Crippen LogP contribution in [0.2, 0.25) is 0 Å². The number of likely N-dealkylation sites (tertiary alicyclic amines) is 1. The Morgan fingerprint density at radius 1 is 0.975 bits per heavy atom. The maximum absolute atomic E-state index is 7.00. The third-order valence-corrected chi connectivity index (χ3v) is 7.00. The Labute approximate surface area is 238 Å². The fraction of sp³-hybridized carbons (Fsp3) is 0.452. The number of aliphatic hydroxyl groups is 1. The van der Waals surface area contributed by atoms with Crippen molar-refractivity contribution in [2.24, 2.45) is 7.05 Å². The lowest BCUT2D eigenvalue weighted by Crippen LogP contribution is -2.30. The lowest BCUT2D eigenvalue weighted by atomic mass is 10.1. The van der Waals surface area contributed by atoms with Crippen molar-refractivity contribution in [1.82, 2.24) is 24.6 Å². The predicted molar refractivity (Wildman–Crippen MR) is 163 cm³/mol. The molecule has 0 bridgehead atoms. The van der Waals surface area contributed by atoms with E-state index >= 15 is 0 Å². The molecule has 1 aliphatic rings. The topological polar surface area (TPSA) is 88.8 Å². The second kappa shape index (κ2) is 15.2. The number of hydrogen-bond donors (Lipinski definition) is 1. The average Bonchev–Trinajstić information content (AvgIpc) is 3.64. The van der Waals surface area contributed by atoms with E-state index in [9.17, 15) is 0 Å². The van der Waals surface area contributed by atoms with Gasteiger partial charge in [-0.3, -0.25) is 9.67 Å². The third kappa shape index (κ3) is 7.49. The van der Waals surface area contributed by atoms with Gasteiger partial charge in [0, 0.05) is 74.6 Å². The second-order valence-electron chi connectivity index (χ2n) is 9.43. The molecule has 0 spiro atoms. The minimum atomic E-state index is 0.664. The summed E-state index contributed by atoms with van der Waals surface area (Å²) < 4.78 is 12.9. The summed E-state index contributed by atoms with van der Waals surface area (Å²) in [6.07, 6.45) is 9.20. The highest BCUT2D eigenvalue weighted by atomic mass is 16.5. The van der Waals surface area contributed by atoms with Crippen molar-refractivity contribution in [2.45, 2.75) is 46.1 Å². The Balaban J connectivity index is 0.00000106. The lowest BCUT2D eigenvalue weighted by molar-refractivity contribution is 0.267. The summed E-state index contributed by atoms with van der Waals surface area (Å²) in [5.74, 6) is 1.53. The molecule has 9 nitrogen and oxygen atoms in total. The van der Waals surface area contributed by atoms with Gasteiger partial charge in [0.1, 0.15) is 11.5 Å². The first-order chi connectivity index (χ1) is 19.5. The molecule has 9 heteroatoms. The minimum absolute atomic E-state index is 0.664. The molecule has 5 rings (SSSR count). The van der Waals surface area contributed by atoms with Gasteiger partial charge in [0.25, 0.3) is 0 Å². The molecule has 216 valence electrons. The average molecular weight is 549 g/mol. The first kappa shape index (κ1) is 30.8. The molecule has 0 radical (unpaired) electrons. The largest absolute Gasteiger partial charge is 0.497 e. The van der Waals surface area contributed by atoms with Crippen LogP contribution in [0.25, 0.3) is 22.3 Å². The van der Waals surface area contributed by atoms with E-state index in [1.807, 2.05) is 45.4 Å². The third-order valence-electron chi connectivity index (χ3n) is 7.00. The maximum Gasteiger partial charge on any atom is 0.124 e. The predicted octanol–water partition coefficient (Wildman–Crippen LogP) is 5.69. The molecule has 0 unspecified atom stereocenters. The van der Waals surface area contributed by atoms with Crippen LogP contribution in [0, 0.1) is 0 Å². The fourth-order valence-electron chi connectivity index (χ4n) is 4.97. The van der Waals surface area contributed by atoms with Gasteiger partial charge in [0.15, 0.2) is 0 Å². The van der Waals surface area contributed by atoms with Crippen LogP contribution in [-0.4, -0.2) is 76.8 Å². The number of aryl methyl sites for hydroxylation is 1. The van der Waals surface area contributed by atoms with Crippen molar-refractivity contribution in [3.63, 3.8) is 0 Å². The number of nitrogens with zero attached hydrogens (tertiary/aromatic N) is 6. The van der Waals surface area contributed by atoms with Gasteiger partial charge in [-0.2, -0.15) is 5.10 Å². The number of ether oxygens (including phenoxy) is 2. The van der Waals surface area contributed by atoms with Gasteiger partial charge in [0.05, 0.1) is 43.3 Å². The summed E-state index contributed by atoms with van der Waals surface area (Å²) in [4.78, 5) is 14.5. The van der Waals surface area contributed by atoms with Crippen LogP contribution >= 0.6 is 0 Å². The first-order valence-electron chi connectivity index (χ1n) is 14.0. The number of rotatable bonds is 9. The van der Waals surface area contributed by atoms with E-state index in [0.717, 1.165) is 71.8 Å². The van der Waals surface area contributed by atoms with Crippen molar-refractivity contribution in [3.05, 3.63) is 55.0 Å². The van der Waals surface area contributed by atoms with E-state index < -0.39 is 0 Å². The van der Waals surface area contributed by atoms with Crippen LogP contribution < -0.4 is 14.4 Å². The van der Waals surface area contributed by atoms with Crippen molar-refractivity contribution in [2.75, 3.05) is 45.9 Å². The van der Waals surface area contributed by atoms with Crippen LogP contribution in [0.5, 0.6) is 11.5 Å². The van der Waals surface area contributed by atoms with Crippen LogP contribution in [0.3, 0.4) is 0 Å². The van der Waals surface area contributed by atoms with Crippen molar-refractivity contribution >= 4 is 22.4 Å². The van der Waals surface area contributed by atoms with Crippen molar-refractivity contribution in [1.29, 1.82) is 0 Å². The molecule has 1 atom stereocenters. The number of fused-ring (bicyclic) bond motifs is 1. The van der Waals surface area contributed by atoms with E-state index in [0.29, 0.717) is 6.04 Å². The standard InChI is InChI=1S/C28H34N6O2.C2H6.CH4O/c1-20-7-5-10-33(20)11-6-12-34(23-13-24(35-3)16-25(14-23)36-4)22-8-9-26-27(15-22)31-28(18-29-26)21-17-30-32(2)19-21;2*1-2/h8-9,13-20H,5-7,10-12H2,1-4H3;1-2H3;2H,1H3/t20-;;/m1../s1. The molecule has 4 aromatic rings. The van der Waals surface area contributed by atoms with Gasteiger partial charge in [-0.15, -0.1) is 0 Å². The van der Waals surface area contributed by atoms with E-state index in [-0.39, 0.29) is 0 Å². The molecule has 1 saturated heterocycles. The Bertz CT molecular complexity index is 1320. The molecule has 40 heavy (non-hydrogen) atoms. The van der Waals surface area contributed by atoms with Gasteiger partial charge in [-0.1, -0.05) is 13.8 Å². The first-order valence-corrected chi connectivity index (χ1v) is 14.0. The Morgan fingerprint density at radius 3 is 2.30 bits per heavy atom. The van der Waals surface area contributed by atoms with Crippen LogP contribution in [0.15, 0.2) is 55.0 Å². The zero-order valence-electron chi connectivity index (χ0n) is 25.0. The molecule has 1 N–H and O–H groups in total. The highest BCUT2D eigenvalue weighted by Gasteiger charge is 2.20. The summed E-state index contributed by atoms with van der Waals surface area (Å²) in [7, 11) is 6.27. The Hall–Kier alpha value is -3.69. The quantitative estimate of drug-likeness (QED) is 0.285. The normalized spacial score (nSPS) is 14.7. The number of benzene rings is 2. The van der Waals surface area contributed by atoms with Gasteiger partial charge < -0.3 is 24.4 Å². The fourth-order valence-corrected chi connectivity index (χ4v) is 4.97. The number of aliphatic hydroxyl groups excluding tert-OH is 1. The maximum atomic E-state index is 7.00. The smallest absolute Gasteiger partial charge is 0.124 e. The summed E-state index contributed by atoms with van der Waals surface area (Å²) in [5, 5.41) is 11.3. The molecular weight excluding hydrogens is 504 g/mol. The van der Waals surface area contributed by atoms with Gasteiger partial charge >= 0.3 is 0 Å². The molecule has 2 aromatic heterocycles. The monoisotopic (exact) mass is 548 g/mol. The second-order valence-corrected chi connectivity index (χ2v) is 9.43. The molecule has 0 saturated carbocycles. The molecule has 0 aliphatic carbocycles. The Morgan fingerprint density at radius 2 is 1.70 bits per heavy atom. The summed E-state index contributed by atoms with van der Waals surface area (Å²) >= 11 is 0. The molecular formula is C31H44N6O3. The van der Waals surface area contributed by atoms with E-state index in [2.05, 4.69) is 51.1 Å². The van der Waals surface area contributed by atoms with Crippen LogP contribution in [-0.2, 0) is 7.05 Å². The minimum Gasteiger partial charge on any atom is -0.497 e. The van der Waals surface area contributed by atoms with E-state index in [4.69, 9.17) is 19.6 Å². The van der Waals surface area contributed by atoms with Crippen LogP contribution in [0.4, 0.5) is 11.4 Å². The summed E-state index contributed by atoms with van der Waals surface area (Å²) in [6.45, 7) is 9.47. The van der Waals surface area contributed by atoms with Crippen molar-refractivity contribution < 1.29 is 14.6 Å². The molecule has 2 aromatic carbocycles. The zero-order chi connectivity index (χ0) is 29.1. The van der Waals surface area contributed by atoms with E-state index in [1.54, 1.807) is 25.1 Å². The molecule has 1 aliphatic heterocycles. The SMILES string of the molecule is CC.CO.COc1cc(OC)cc(N(CCCN2CCC[C@H]2C)c2ccc3ncc(-c4cnn(C)c4)nc3c2)c1. The number of aromatic nitrogens is 4. The Kier molecular flexibility index (Phi) is 11.7. The molecule has 0 amide bonds. The van der Waals surface area contributed by atoms with Gasteiger partial charge in [-0.25, -0.2) is 4.98 Å². The zero-order valence-corrected chi connectivity index (χ0v) is 25.0. The highest BCUT2D eigenvalue weighted by Crippen LogP contribution is 2.34. The lowest BCUT2D eigenvalue weighted by Gasteiger charge is -2.28. The van der Waals surface area contributed by atoms with Crippen molar-refractivity contribution in [3.8, 4) is 22.8 Å². The number of hydrogen-bond acceptors (Lipinski definition) is 8. The number of anilines is 2.